The van der Waals surface area contributed by atoms with Gasteiger partial charge in [0.25, 0.3) is 11.8 Å². The van der Waals surface area contributed by atoms with Gasteiger partial charge in [-0.15, -0.1) is 0 Å². The Balaban J connectivity index is 1.86. The van der Waals surface area contributed by atoms with Gasteiger partial charge in [-0.25, -0.2) is 4.39 Å². The molecule has 6 nitrogen and oxygen atoms in total. The molecule has 0 atom stereocenters. The summed E-state index contributed by atoms with van der Waals surface area (Å²) in [6.07, 6.45) is 0. The molecule has 0 radical (unpaired) electrons. The molecule has 0 aliphatic heterocycles. The summed E-state index contributed by atoms with van der Waals surface area (Å²) in [4.78, 5) is 25.6. The summed E-state index contributed by atoms with van der Waals surface area (Å²) < 4.78 is 25.4. The predicted octanol–water partition coefficient (Wildman–Crippen LogP) is 6.05. The van der Waals surface area contributed by atoms with Crippen LogP contribution in [-0.2, 0) is 0 Å². The summed E-state index contributed by atoms with van der Waals surface area (Å²) >= 11 is 0. The fourth-order valence-electron chi connectivity index (χ4n) is 4.00. The summed E-state index contributed by atoms with van der Waals surface area (Å²) in [6, 6.07) is 16.6. The van der Waals surface area contributed by atoms with Crippen LogP contribution in [-0.4, -0.2) is 32.0 Å². The Kier molecular flexibility index (Phi) is 7.38. The van der Waals surface area contributed by atoms with Gasteiger partial charge in [-0.05, 0) is 73.0 Å². The predicted molar refractivity (Wildman–Crippen MR) is 139 cm³/mol. The average Bonchev–Trinajstić information content (AvgIpc) is 3.26. The van der Waals surface area contributed by atoms with Crippen molar-refractivity contribution in [3.8, 4) is 28.2 Å². The highest BCUT2D eigenvalue weighted by molar-refractivity contribution is 6.12. The molecule has 0 bridgehead atoms. The lowest BCUT2D eigenvalue weighted by Crippen LogP contribution is -2.27. The Morgan fingerprint density at radius 3 is 2.36 bits per heavy atom. The normalized spacial score (nSPS) is 11.1. The van der Waals surface area contributed by atoms with Crippen molar-refractivity contribution in [1.82, 2.24) is 10.6 Å². The molecule has 7 heteroatoms. The maximum atomic E-state index is 13.5. The van der Waals surface area contributed by atoms with E-state index in [1.54, 1.807) is 43.4 Å². The van der Waals surface area contributed by atoms with Gasteiger partial charge in [-0.2, -0.15) is 0 Å². The van der Waals surface area contributed by atoms with Gasteiger partial charge >= 0.3 is 0 Å². The van der Waals surface area contributed by atoms with Crippen molar-refractivity contribution in [2.24, 2.45) is 5.92 Å². The van der Waals surface area contributed by atoms with Crippen molar-refractivity contribution < 1.29 is 23.1 Å². The third-order valence-electron chi connectivity index (χ3n) is 5.77. The van der Waals surface area contributed by atoms with Crippen molar-refractivity contribution in [1.29, 1.82) is 0 Å². The van der Waals surface area contributed by atoms with Gasteiger partial charge < -0.3 is 19.8 Å². The standard InChI is InChI=1S/C29H29FN2O4/c1-5-35-24-12-9-20(28(33)32-16-17(2)3)15-22(24)19-8-13-25-23(14-19)26(29(34)31-4)27(36-25)18-6-10-21(30)11-7-18/h6-15,17H,5,16H2,1-4H3,(H,31,34)(H,32,33). The quantitative estimate of drug-likeness (QED) is 0.316. The number of carbonyl (C=O) groups is 2. The van der Waals surface area contributed by atoms with Crippen molar-refractivity contribution in [2.45, 2.75) is 20.8 Å². The lowest BCUT2D eigenvalue weighted by atomic mass is 9.98. The lowest BCUT2D eigenvalue weighted by molar-refractivity contribution is 0.0945. The van der Waals surface area contributed by atoms with Gasteiger partial charge in [-0.1, -0.05) is 19.9 Å². The molecule has 0 saturated carbocycles. The number of hydrogen-bond acceptors (Lipinski definition) is 4. The largest absolute Gasteiger partial charge is 0.493 e. The van der Waals surface area contributed by atoms with Crippen LogP contribution < -0.4 is 15.4 Å². The van der Waals surface area contributed by atoms with E-state index >= 15 is 0 Å². The second kappa shape index (κ2) is 10.6. The van der Waals surface area contributed by atoms with Crippen LogP contribution >= 0.6 is 0 Å². The molecule has 0 fully saturated rings. The zero-order valence-electron chi connectivity index (χ0n) is 20.8. The zero-order chi connectivity index (χ0) is 25.8. The minimum absolute atomic E-state index is 0.165. The molecule has 1 aromatic heterocycles. The number of rotatable bonds is 8. The molecule has 36 heavy (non-hydrogen) atoms. The molecule has 0 unspecified atom stereocenters. The Labute approximate surface area is 209 Å². The Morgan fingerprint density at radius 1 is 0.972 bits per heavy atom. The minimum Gasteiger partial charge on any atom is -0.493 e. The van der Waals surface area contributed by atoms with Crippen LogP contribution in [0.15, 0.2) is 65.1 Å². The van der Waals surface area contributed by atoms with E-state index in [1.807, 2.05) is 32.9 Å². The van der Waals surface area contributed by atoms with E-state index in [2.05, 4.69) is 10.6 Å². The molecule has 4 aromatic rings. The fraction of sp³-hybridized carbons (Fsp3) is 0.241. The molecular formula is C29H29FN2O4. The number of nitrogens with one attached hydrogen (secondary N) is 2. The fourth-order valence-corrected chi connectivity index (χ4v) is 4.00. The highest BCUT2D eigenvalue weighted by atomic mass is 19.1. The molecule has 2 N–H and O–H groups in total. The van der Waals surface area contributed by atoms with E-state index in [0.717, 1.165) is 11.1 Å². The van der Waals surface area contributed by atoms with Crippen LogP contribution in [0, 0.1) is 11.7 Å². The molecular weight excluding hydrogens is 459 g/mol. The highest BCUT2D eigenvalue weighted by Crippen LogP contribution is 2.38. The van der Waals surface area contributed by atoms with E-state index in [4.69, 9.17) is 9.15 Å². The zero-order valence-corrected chi connectivity index (χ0v) is 20.8. The monoisotopic (exact) mass is 488 g/mol. The molecule has 2 amide bonds. The van der Waals surface area contributed by atoms with Gasteiger partial charge in [0.1, 0.15) is 22.9 Å². The van der Waals surface area contributed by atoms with Gasteiger partial charge in [0, 0.05) is 35.7 Å². The highest BCUT2D eigenvalue weighted by Gasteiger charge is 2.23. The smallest absolute Gasteiger partial charge is 0.255 e. The number of ether oxygens (including phenoxy) is 1. The molecule has 0 saturated heterocycles. The number of carbonyl (C=O) groups excluding carboxylic acids is 2. The summed E-state index contributed by atoms with van der Waals surface area (Å²) in [5.41, 5.74) is 3.46. The summed E-state index contributed by atoms with van der Waals surface area (Å²) in [5.74, 6) is 0.450. The molecule has 0 spiro atoms. The number of halogens is 1. The Hall–Kier alpha value is -4.13. The second-order valence-corrected chi connectivity index (χ2v) is 8.85. The molecule has 0 aliphatic rings. The third-order valence-corrected chi connectivity index (χ3v) is 5.77. The van der Waals surface area contributed by atoms with Gasteiger partial charge in [0.15, 0.2) is 0 Å². The number of hydrogen-bond donors (Lipinski definition) is 2. The topological polar surface area (TPSA) is 80.6 Å². The maximum absolute atomic E-state index is 13.5. The molecule has 186 valence electrons. The van der Waals surface area contributed by atoms with Crippen LogP contribution in [0.2, 0.25) is 0 Å². The first-order chi connectivity index (χ1) is 17.3. The lowest BCUT2D eigenvalue weighted by Gasteiger charge is -2.13. The molecule has 4 rings (SSSR count). The summed E-state index contributed by atoms with van der Waals surface area (Å²) in [6.45, 7) is 7.00. The van der Waals surface area contributed by atoms with Crippen LogP contribution in [0.3, 0.4) is 0 Å². The number of furan rings is 1. The van der Waals surface area contributed by atoms with E-state index in [9.17, 15) is 14.0 Å². The first-order valence-electron chi connectivity index (χ1n) is 11.9. The van der Waals surface area contributed by atoms with Crippen LogP contribution in [0.4, 0.5) is 4.39 Å². The van der Waals surface area contributed by atoms with Gasteiger partial charge in [0.05, 0.1) is 12.2 Å². The minimum atomic E-state index is -0.376. The number of amides is 2. The second-order valence-electron chi connectivity index (χ2n) is 8.85. The molecule has 0 aliphatic carbocycles. The average molecular weight is 489 g/mol. The third kappa shape index (κ3) is 5.10. The van der Waals surface area contributed by atoms with Crippen molar-refractivity contribution >= 4 is 22.8 Å². The van der Waals surface area contributed by atoms with Crippen molar-refractivity contribution in [3.63, 3.8) is 0 Å². The van der Waals surface area contributed by atoms with Crippen molar-refractivity contribution in [2.75, 3.05) is 20.2 Å². The number of benzene rings is 3. The van der Waals surface area contributed by atoms with Crippen LogP contribution in [0.5, 0.6) is 5.75 Å². The molecule has 1 heterocycles. The van der Waals surface area contributed by atoms with Gasteiger partial charge in [-0.3, -0.25) is 9.59 Å². The van der Waals surface area contributed by atoms with E-state index < -0.39 is 0 Å². The summed E-state index contributed by atoms with van der Waals surface area (Å²) in [7, 11) is 1.55. The summed E-state index contributed by atoms with van der Waals surface area (Å²) in [5, 5.41) is 6.21. The first-order valence-corrected chi connectivity index (χ1v) is 11.9. The van der Waals surface area contributed by atoms with E-state index in [-0.39, 0.29) is 17.6 Å². The number of fused-ring (bicyclic) bond motifs is 1. The van der Waals surface area contributed by atoms with E-state index in [0.29, 0.717) is 58.2 Å². The van der Waals surface area contributed by atoms with E-state index in [1.165, 1.54) is 12.1 Å². The Bertz CT molecular complexity index is 1410. The maximum Gasteiger partial charge on any atom is 0.255 e. The van der Waals surface area contributed by atoms with Crippen molar-refractivity contribution in [3.05, 3.63) is 77.6 Å². The van der Waals surface area contributed by atoms with Crippen LogP contribution in [0.25, 0.3) is 33.4 Å². The van der Waals surface area contributed by atoms with Crippen LogP contribution in [0.1, 0.15) is 41.5 Å². The Morgan fingerprint density at radius 2 is 1.69 bits per heavy atom. The molecule has 3 aromatic carbocycles. The first kappa shape index (κ1) is 25.0. The van der Waals surface area contributed by atoms with Gasteiger partial charge in [0.2, 0.25) is 0 Å². The SMILES string of the molecule is CCOc1ccc(C(=O)NCC(C)C)cc1-c1ccc2oc(-c3ccc(F)cc3)c(C(=O)NC)c2c1.